The Balaban J connectivity index is 1.99. The van der Waals surface area contributed by atoms with E-state index in [-0.39, 0.29) is 13.1 Å². The van der Waals surface area contributed by atoms with Gasteiger partial charge in [-0.3, -0.25) is 0 Å². The van der Waals surface area contributed by atoms with Crippen molar-refractivity contribution in [2.75, 3.05) is 26.2 Å². The molecule has 0 aliphatic rings. The van der Waals surface area contributed by atoms with Gasteiger partial charge in [-0.15, -0.1) is 9.60 Å². The molecule has 4 N–H and O–H groups in total. The molecule has 36 heavy (non-hydrogen) atoms. The lowest BCUT2D eigenvalue weighted by Gasteiger charge is -2.17. The summed E-state index contributed by atoms with van der Waals surface area (Å²) in [5.41, 5.74) is 16.8. The van der Waals surface area contributed by atoms with Crippen LogP contribution in [0, 0.1) is 6.92 Å². The van der Waals surface area contributed by atoms with Crippen molar-refractivity contribution >= 4 is 23.1 Å². The van der Waals surface area contributed by atoms with E-state index in [4.69, 9.17) is 16.5 Å². The third-order valence-corrected chi connectivity index (χ3v) is 6.18. The van der Waals surface area contributed by atoms with Crippen LogP contribution in [0.15, 0.2) is 35.8 Å². The van der Waals surface area contributed by atoms with Crippen LogP contribution in [-0.4, -0.2) is 63.1 Å². The molecule has 0 spiro atoms. The summed E-state index contributed by atoms with van der Waals surface area (Å²) < 4.78 is 15.9. The Morgan fingerprint density at radius 3 is 2.67 bits per heavy atom. The smallest absolute Gasteiger partial charge is 0.335 e. The maximum absolute atomic E-state index is 14.0. The highest BCUT2D eigenvalue weighted by molar-refractivity contribution is 6.00. The van der Waals surface area contributed by atoms with E-state index in [1.54, 1.807) is 18.7 Å². The number of carbonyl (C=O) groups is 1. The highest BCUT2D eigenvalue weighted by atomic mass is 19.2. The summed E-state index contributed by atoms with van der Waals surface area (Å²) in [7, 11) is 1.91. The summed E-state index contributed by atoms with van der Waals surface area (Å²) in [5, 5.41) is 7.03. The first-order valence-electron chi connectivity index (χ1n) is 12.5. The molecule has 3 rings (SSSR count). The number of halogens is 1. The monoisotopic (exact) mass is 496 g/mol. The number of hydrazone groups is 1. The van der Waals surface area contributed by atoms with Gasteiger partial charge in [0.2, 0.25) is 0 Å². The van der Waals surface area contributed by atoms with Gasteiger partial charge in [0.25, 0.3) is 0 Å². The molecule has 0 radical (unpaired) electrons. The number of primary amides is 1. The zero-order valence-corrected chi connectivity index (χ0v) is 21.5. The molecule has 0 aliphatic carbocycles. The molecule has 0 unspecified atom stereocenters. The van der Waals surface area contributed by atoms with E-state index in [0.29, 0.717) is 18.2 Å². The second-order valence-corrected chi connectivity index (χ2v) is 9.00. The molecule has 9 nitrogen and oxygen atoms in total. The van der Waals surface area contributed by atoms with Gasteiger partial charge in [-0.05, 0) is 68.5 Å². The number of imidazole rings is 1. The molecular weight excluding hydrogens is 459 g/mol. The number of unbranched alkanes of at least 4 members (excludes halogenated alkanes) is 2. The van der Waals surface area contributed by atoms with Gasteiger partial charge in [0.15, 0.2) is 0 Å². The average Bonchev–Trinajstić information content (AvgIpc) is 3.28. The molecule has 10 heteroatoms. The molecule has 2 aromatic heterocycles. The largest absolute Gasteiger partial charge is 0.350 e. The van der Waals surface area contributed by atoms with Crippen LogP contribution in [0.2, 0.25) is 0 Å². The number of urea groups is 1. The predicted octanol–water partition coefficient (Wildman–Crippen LogP) is 3.93. The van der Waals surface area contributed by atoms with Crippen molar-refractivity contribution in [3.05, 3.63) is 47.4 Å². The van der Waals surface area contributed by atoms with Gasteiger partial charge < -0.3 is 16.0 Å². The lowest BCUT2D eigenvalue weighted by molar-refractivity contribution is 0.0180. The quantitative estimate of drug-likeness (QED) is 0.161. The lowest BCUT2D eigenvalue weighted by Crippen LogP contribution is -2.36. The maximum Gasteiger partial charge on any atom is 0.335 e. The van der Waals surface area contributed by atoms with Crippen molar-refractivity contribution in [3.63, 3.8) is 0 Å². The number of pyridine rings is 1. The van der Waals surface area contributed by atoms with Crippen LogP contribution in [0.1, 0.15) is 49.3 Å². The highest BCUT2D eigenvalue weighted by Crippen LogP contribution is 2.27. The first-order chi connectivity index (χ1) is 17.3. The summed E-state index contributed by atoms with van der Waals surface area (Å²) in [6.45, 7) is 5.13. The van der Waals surface area contributed by atoms with Crippen molar-refractivity contribution in [1.82, 2.24) is 24.7 Å². The number of nitrogens with two attached hydrogens (primary N) is 2. The van der Waals surface area contributed by atoms with Gasteiger partial charge >= 0.3 is 6.03 Å². The van der Waals surface area contributed by atoms with Gasteiger partial charge in [0.05, 0.1) is 42.2 Å². The fourth-order valence-electron chi connectivity index (χ4n) is 4.02. The van der Waals surface area contributed by atoms with Crippen molar-refractivity contribution in [3.8, 4) is 11.4 Å². The highest BCUT2D eigenvalue weighted by Gasteiger charge is 2.14. The van der Waals surface area contributed by atoms with Gasteiger partial charge in [-0.1, -0.05) is 13.3 Å². The Hall–Kier alpha value is -3.37. The molecule has 2 heterocycles. The number of aryl methyl sites for hydroxylation is 3. The third-order valence-electron chi connectivity index (χ3n) is 6.18. The second-order valence-electron chi connectivity index (χ2n) is 9.00. The molecule has 194 valence electrons. The van der Waals surface area contributed by atoms with E-state index in [9.17, 15) is 9.28 Å². The number of hydrogen-bond donors (Lipinski definition) is 2. The minimum Gasteiger partial charge on any atom is -0.350 e. The first-order valence-corrected chi connectivity index (χ1v) is 12.5. The van der Waals surface area contributed by atoms with Crippen LogP contribution in [0.4, 0.5) is 9.28 Å². The Bertz CT molecular complexity index is 1190. The number of rotatable bonds is 13. The topological polar surface area (TPSA) is 119 Å². The summed E-state index contributed by atoms with van der Waals surface area (Å²) >= 11 is 0. The Labute approximate surface area is 211 Å². The SMILES string of the molecule is CCCCN(F)CCN(/N=C/c1cc(-c2cncn2C)nc2cc(C)c(CCCCN)cc12)C(N)=O. The van der Waals surface area contributed by atoms with E-state index in [1.165, 1.54) is 5.56 Å². The molecule has 0 bridgehead atoms. The van der Waals surface area contributed by atoms with Crippen LogP contribution >= 0.6 is 0 Å². The van der Waals surface area contributed by atoms with Crippen LogP contribution in [0.5, 0.6) is 0 Å². The standard InChI is InChI=1S/C26H37FN8O/c1-4-5-10-34(27)11-12-35(26(29)36)31-16-21-15-24(25-17-30-18-33(25)3)32-23-13-19(2)20(14-22(21)23)8-6-7-9-28/h13-18H,4-12,28H2,1-3H3,(H2,29,36)/b31-16+. The first kappa shape index (κ1) is 27.2. The molecule has 1 aromatic carbocycles. The lowest BCUT2D eigenvalue weighted by atomic mass is 9.97. The minimum atomic E-state index is -0.737. The summed E-state index contributed by atoms with van der Waals surface area (Å²) in [5.74, 6) is 0. The molecular formula is C26H37FN8O. The molecule has 0 saturated carbocycles. The van der Waals surface area contributed by atoms with E-state index in [0.717, 1.165) is 70.5 Å². The van der Waals surface area contributed by atoms with Gasteiger partial charge in [-0.2, -0.15) is 5.10 Å². The Morgan fingerprint density at radius 1 is 1.19 bits per heavy atom. The van der Waals surface area contributed by atoms with Gasteiger partial charge in [0, 0.05) is 31.1 Å². The molecule has 0 saturated heterocycles. The number of amides is 2. The minimum absolute atomic E-state index is 0.0299. The molecule has 3 aromatic rings. The van der Waals surface area contributed by atoms with E-state index >= 15 is 0 Å². The fraction of sp³-hybridized carbons (Fsp3) is 0.462. The summed E-state index contributed by atoms with van der Waals surface area (Å²) in [6, 6.07) is 5.39. The number of carbonyl (C=O) groups excluding carboxylic acids is 1. The van der Waals surface area contributed by atoms with Gasteiger partial charge in [-0.25, -0.2) is 19.8 Å². The third kappa shape index (κ3) is 7.08. The fourth-order valence-corrected chi connectivity index (χ4v) is 4.02. The Morgan fingerprint density at radius 2 is 2.00 bits per heavy atom. The molecule has 0 fully saturated rings. The number of fused-ring (bicyclic) bond motifs is 1. The molecule has 0 aliphatic heterocycles. The van der Waals surface area contributed by atoms with Crippen molar-refractivity contribution < 1.29 is 9.28 Å². The number of nitrogens with zero attached hydrogens (tertiary/aromatic N) is 6. The maximum atomic E-state index is 14.0. The molecule has 2 amide bonds. The second kappa shape index (κ2) is 13.1. The van der Waals surface area contributed by atoms with E-state index in [2.05, 4.69) is 29.1 Å². The number of hydrogen-bond acceptors (Lipinski definition) is 6. The number of benzene rings is 1. The zero-order valence-electron chi connectivity index (χ0n) is 21.5. The van der Waals surface area contributed by atoms with Crippen LogP contribution in [0.3, 0.4) is 0 Å². The summed E-state index contributed by atoms with van der Waals surface area (Å²) in [6.07, 6.45) is 9.57. The van der Waals surface area contributed by atoms with Crippen LogP contribution < -0.4 is 11.5 Å². The van der Waals surface area contributed by atoms with Crippen molar-refractivity contribution in [2.24, 2.45) is 23.6 Å². The predicted molar refractivity (Wildman–Crippen MR) is 142 cm³/mol. The van der Waals surface area contributed by atoms with E-state index < -0.39 is 6.03 Å². The van der Waals surface area contributed by atoms with Crippen molar-refractivity contribution in [1.29, 1.82) is 0 Å². The Kier molecular flexibility index (Phi) is 9.89. The van der Waals surface area contributed by atoms with Gasteiger partial charge in [0.1, 0.15) is 0 Å². The summed E-state index contributed by atoms with van der Waals surface area (Å²) in [4.78, 5) is 21.1. The van der Waals surface area contributed by atoms with E-state index in [1.807, 2.05) is 24.6 Å². The van der Waals surface area contributed by atoms with Crippen LogP contribution in [-0.2, 0) is 13.5 Å². The molecule has 0 atom stereocenters. The number of aromatic nitrogens is 3. The average molecular weight is 497 g/mol. The normalized spacial score (nSPS) is 11.7. The van der Waals surface area contributed by atoms with Crippen molar-refractivity contribution in [2.45, 2.75) is 46.0 Å². The van der Waals surface area contributed by atoms with Crippen LogP contribution in [0.25, 0.3) is 22.3 Å². The zero-order chi connectivity index (χ0) is 26.1.